The fraction of sp³-hybridized carbons (Fsp3) is 0.286. The molecule has 6 nitrogen and oxygen atoms in total. The van der Waals surface area contributed by atoms with Gasteiger partial charge in [0, 0.05) is 30.2 Å². The zero-order valence-electron chi connectivity index (χ0n) is 16.3. The minimum Gasteiger partial charge on any atom is -0.361 e. The van der Waals surface area contributed by atoms with E-state index < -0.39 is 9.84 Å². The molecule has 0 aliphatic carbocycles. The van der Waals surface area contributed by atoms with Crippen molar-refractivity contribution in [3.05, 3.63) is 66.1 Å². The van der Waals surface area contributed by atoms with Crippen LogP contribution in [0.2, 0.25) is 0 Å². The van der Waals surface area contributed by atoms with Crippen LogP contribution in [0.15, 0.2) is 64.6 Å². The van der Waals surface area contributed by atoms with E-state index in [2.05, 4.69) is 20.6 Å². The number of halogens is 1. The molecule has 29 heavy (non-hydrogen) atoms. The number of sulfone groups is 1. The maximum Gasteiger partial charge on any atom is 0.191 e. The first-order valence-electron chi connectivity index (χ1n) is 9.55. The summed E-state index contributed by atoms with van der Waals surface area (Å²) in [5, 5.41) is 7.18. The number of benzene rings is 2. The van der Waals surface area contributed by atoms with Crippen LogP contribution in [0.4, 0.5) is 4.39 Å². The van der Waals surface area contributed by atoms with Gasteiger partial charge in [-0.3, -0.25) is 4.99 Å². The van der Waals surface area contributed by atoms with Crippen LogP contribution >= 0.6 is 0 Å². The molecule has 0 saturated carbocycles. The standard InChI is InChI=1S/C21H25FN4O2S/c1-2-23-21(25-12-13-29(27,28)18-6-4-3-5-7-18)24-11-10-16-15-26-20-9-8-17(22)14-19(16)20/h3-9,14-15,26H,2,10-13H2,1H3,(H2,23,24,25). The van der Waals surface area contributed by atoms with Gasteiger partial charge in [-0.25, -0.2) is 12.8 Å². The van der Waals surface area contributed by atoms with E-state index in [0.717, 1.165) is 16.5 Å². The highest BCUT2D eigenvalue weighted by Gasteiger charge is 2.13. The van der Waals surface area contributed by atoms with E-state index in [1.807, 2.05) is 13.1 Å². The van der Waals surface area contributed by atoms with Crippen molar-refractivity contribution in [3.8, 4) is 0 Å². The van der Waals surface area contributed by atoms with Gasteiger partial charge < -0.3 is 15.6 Å². The van der Waals surface area contributed by atoms with Crippen LogP contribution in [0.25, 0.3) is 10.9 Å². The molecule has 0 amide bonds. The Morgan fingerprint density at radius 3 is 2.69 bits per heavy atom. The Morgan fingerprint density at radius 1 is 1.14 bits per heavy atom. The fourth-order valence-corrected chi connectivity index (χ4v) is 4.18. The van der Waals surface area contributed by atoms with Gasteiger partial charge in [-0.05, 0) is 49.2 Å². The summed E-state index contributed by atoms with van der Waals surface area (Å²) in [6.45, 7) is 3.35. The molecule has 0 atom stereocenters. The predicted molar refractivity (Wildman–Crippen MR) is 114 cm³/mol. The smallest absolute Gasteiger partial charge is 0.191 e. The Bertz CT molecular complexity index is 1080. The first-order valence-corrected chi connectivity index (χ1v) is 11.2. The number of nitrogens with zero attached hydrogens (tertiary/aromatic N) is 1. The number of guanidine groups is 1. The van der Waals surface area contributed by atoms with Gasteiger partial charge in [0.2, 0.25) is 0 Å². The summed E-state index contributed by atoms with van der Waals surface area (Å²) in [7, 11) is -3.36. The predicted octanol–water partition coefficient (Wildman–Crippen LogP) is 2.88. The van der Waals surface area contributed by atoms with Crippen molar-refractivity contribution in [3.63, 3.8) is 0 Å². The van der Waals surface area contributed by atoms with E-state index in [1.54, 1.807) is 36.4 Å². The van der Waals surface area contributed by atoms with Gasteiger partial charge in [-0.1, -0.05) is 18.2 Å². The molecule has 1 aromatic heterocycles. The van der Waals surface area contributed by atoms with Gasteiger partial charge in [-0.15, -0.1) is 0 Å². The average molecular weight is 417 g/mol. The monoisotopic (exact) mass is 416 g/mol. The molecule has 3 aromatic rings. The first-order chi connectivity index (χ1) is 14.0. The molecule has 0 spiro atoms. The third-order valence-corrected chi connectivity index (χ3v) is 6.20. The second-order valence-corrected chi connectivity index (χ2v) is 8.68. The van der Waals surface area contributed by atoms with Crippen LogP contribution < -0.4 is 10.6 Å². The number of nitrogens with one attached hydrogen (secondary N) is 3. The number of hydrogen-bond acceptors (Lipinski definition) is 3. The summed E-state index contributed by atoms with van der Waals surface area (Å²) in [6, 6.07) is 13.1. The number of aromatic amines is 1. The Balaban J connectivity index is 1.57. The molecule has 0 saturated heterocycles. The molecule has 3 N–H and O–H groups in total. The lowest BCUT2D eigenvalue weighted by molar-refractivity contribution is 0.596. The highest BCUT2D eigenvalue weighted by Crippen LogP contribution is 2.19. The van der Waals surface area contributed by atoms with E-state index >= 15 is 0 Å². The molecule has 3 rings (SSSR count). The van der Waals surface area contributed by atoms with Crippen molar-refractivity contribution in [2.45, 2.75) is 18.2 Å². The van der Waals surface area contributed by atoms with Crippen LogP contribution in [0.5, 0.6) is 0 Å². The molecule has 0 bridgehead atoms. The number of rotatable bonds is 8. The van der Waals surface area contributed by atoms with Crippen LogP contribution in [0.3, 0.4) is 0 Å². The largest absolute Gasteiger partial charge is 0.361 e. The van der Waals surface area contributed by atoms with Crippen molar-refractivity contribution in [1.82, 2.24) is 15.6 Å². The Labute approximate surface area is 170 Å². The minimum atomic E-state index is -3.36. The zero-order valence-corrected chi connectivity index (χ0v) is 17.1. The maximum atomic E-state index is 13.5. The lowest BCUT2D eigenvalue weighted by Gasteiger charge is -2.11. The van der Waals surface area contributed by atoms with Crippen molar-refractivity contribution >= 4 is 26.7 Å². The minimum absolute atomic E-state index is 0.0602. The summed E-state index contributed by atoms with van der Waals surface area (Å²) < 4.78 is 38.2. The van der Waals surface area contributed by atoms with Crippen molar-refractivity contribution in [2.24, 2.45) is 4.99 Å². The second-order valence-electron chi connectivity index (χ2n) is 6.57. The Morgan fingerprint density at radius 2 is 1.93 bits per heavy atom. The van der Waals surface area contributed by atoms with E-state index in [-0.39, 0.29) is 18.1 Å². The van der Waals surface area contributed by atoms with Gasteiger partial charge in [0.1, 0.15) is 5.82 Å². The quantitative estimate of drug-likeness (QED) is 0.389. The lowest BCUT2D eigenvalue weighted by atomic mass is 10.1. The van der Waals surface area contributed by atoms with E-state index in [1.165, 1.54) is 12.1 Å². The summed E-state index contributed by atoms with van der Waals surface area (Å²) in [5.74, 6) is 0.234. The normalized spacial score (nSPS) is 12.3. The molecule has 1 heterocycles. The van der Waals surface area contributed by atoms with Gasteiger partial charge >= 0.3 is 0 Å². The lowest BCUT2D eigenvalue weighted by Crippen LogP contribution is -2.38. The highest BCUT2D eigenvalue weighted by molar-refractivity contribution is 7.91. The van der Waals surface area contributed by atoms with Gasteiger partial charge in [0.15, 0.2) is 15.8 Å². The Kier molecular flexibility index (Phi) is 6.87. The maximum absolute atomic E-state index is 13.5. The highest BCUT2D eigenvalue weighted by atomic mass is 32.2. The van der Waals surface area contributed by atoms with E-state index in [0.29, 0.717) is 30.4 Å². The average Bonchev–Trinajstić information content (AvgIpc) is 3.10. The summed E-state index contributed by atoms with van der Waals surface area (Å²) >= 11 is 0. The number of H-pyrrole nitrogens is 1. The number of hydrogen-bond donors (Lipinski definition) is 3. The van der Waals surface area contributed by atoms with Crippen LogP contribution in [0.1, 0.15) is 12.5 Å². The molecule has 2 aromatic carbocycles. The van der Waals surface area contributed by atoms with E-state index in [9.17, 15) is 12.8 Å². The third-order valence-electron chi connectivity index (χ3n) is 4.49. The SMILES string of the molecule is CCNC(=NCCS(=O)(=O)c1ccccc1)NCCc1c[nH]c2ccc(F)cc12. The molecule has 154 valence electrons. The zero-order chi connectivity index (χ0) is 20.7. The first kappa shape index (κ1) is 20.9. The summed E-state index contributed by atoms with van der Waals surface area (Å²) in [4.78, 5) is 7.81. The molecule has 0 radical (unpaired) electrons. The molecular formula is C21H25FN4O2S. The van der Waals surface area contributed by atoms with Crippen molar-refractivity contribution < 1.29 is 12.8 Å². The Hall–Kier alpha value is -2.87. The molecule has 0 unspecified atom stereocenters. The molecule has 0 aliphatic rings. The summed E-state index contributed by atoms with van der Waals surface area (Å²) in [6.07, 6.45) is 2.55. The number of aromatic nitrogens is 1. The van der Waals surface area contributed by atoms with Crippen LogP contribution in [-0.4, -0.2) is 44.7 Å². The van der Waals surface area contributed by atoms with Gasteiger partial charge in [-0.2, -0.15) is 0 Å². The van der Waals surface area contributed by atoms with Gasteiger partial charge in [0.25, 0.3) is 0 Å². The van der Waals surface area contributed by atoms with Gasteiger partial charge in [0.05, 0.1) is 17.2 Å². The third kappa shape index (κ3) is 5.57. The molecule has 8 heteroatoms. The molecule has 0 aliphatic heterocycles. The molecule has 0 fully saturated rings. The van der Waals surface area contributed by atoms with Crippen LogP contribution in [0, 0.1) is 5.82 Å². The van der Waals surface area contributed by atoms with Crippen molar-refractivity contribution in [2.75, 3.05) is 25.4 Å². The number of fused-ring (bicyclic) bond motifs is 1. The second kappa shape index (κ2) is 9.56. The topological polar surface area (TPSA) is 86.3 Å². The van der Waals surface area contributed by atoms with E-state index in [4.69, 9.17) is 0 Å². The fourth-order valence-electron chi connectivity index (χ4n) is 3.04. The van der Waals surface area contributed by atoms with Crippen LogP contribution in [-0.2, 0) is 16.3 Å². The summed E-state index contributed by atoms with van der Waals surface area (Å²) in [5.41, 5.74) is 1.91. The molecular weight excluding hydrogens is 391 g/mol. The number of aliphatic imine (C=N–C) groups is 1. The van der Waals surface area contributed by atoms with Crippen molar-refractivity contribution in [1.29, 1.82) is 0 Å².